The summed E-state index contributed by atoms with van der Waals surface area (Å²) >= 11 is 0. The number of fused-ring (bicyclic) bond motifs is 2. The van der Waals surface area contributed by atoms with Crippen LogP contribution < -0.4 is 31.1 Å². The van der Waals surface area contributed by atoms with Gasteiger partial charge in [0, 0.05) is 72.9 Å². The molecule has 0 radical (unpaired) electrons. The zero-order valence-corrected chi connectivity index (χ0v) is 45.3. The molecular formula is C55H80N12O8. The van der Waals surface area contributed by atoms with Gasteiger partial charge in [0.25, 0.3) is 0 Å². The molecule has 0 aliphatic carbocycles. The first-order valence-electron chi connectivity index (χ1n) is 25.9. The Morgan fingerprint density at radius 1 is 0.573 bits per heavy atom. The fraction of sp³-hybridized carbons (Fsp3) is 0.564. The molecule has 0 unspecified atom stereocenters. The van der Waals surface area contributed by atoms with E-state index in [0.717, 1.165) is 58.4 Å². The summed E-state index contributed by atoms with van der Waals surface area (Å²) in [6, 6.07) is 14.2. The third-order valence-corrected chi connectivity index (χ3v) is 13.0. The SMILES string of the molecule is C.CCNC(=O)Nc1ccc(-c2nc3c(c(N4CCOC[C@@H]4C)n2)CCN(C(=O)OC(C)(C)C)[C@@H]3C)cc1.CCNC(=O)Nc1ccc(-c2nc3c(c(N4CCOC[C@@H]4C)n2)CCN(C(=O)OC(C)(C)C)[C@H]3C)cc1. The molecule has 75 heavy (non-hydrogen) atoms. The maximum atomic E-state index is 13.0. The summed E-state index contributed by atoms with van der Waals surface area (Å²) < 4.78 is 22.7. The van der Waals surface area contributed by atoms with Gasteiger partial charge in [0.05, 0.1) is 62.0 Å². The number of amides is 6. The van der Waals surface area contributed by atoms with Crippen LogP contribution in [0.3, 0.4) is 0 Å². The summed E-state index contributed by atoms with van der Waals surface area (Å²) in [5.74, 6) is 2.96. The van der Waals surface area contributed by atoms with Crippen LogP contribution in [0.4, 0.5) is 42.2 Å². The minimum Gasteiger partial charge on any atom is -0.444 e. The van der Waals surface area contributed by atoms with Crippen molar-refractivity contribution < 1.29 is 38.1 Å². The van der Waals surface area contributed by atoms with Crippen molar-refractivity contribution in [3.8, 4) is 22.8 Å². The van der Waals surface area contributed by atoms with E-state index in [1.54, 1.807) is 9.80 Å². The lowest BCUT2D eigenvalue weighted by molar-refractivity contribution is 0.0144. The standard InChI is InChI=1S/2C27H38N6O4.CH4/c2*1-7-28-25(34)29-20-10-8-19(9-11-20)23-30-22-18(3)33(26(35)37-27(4,5)6)13-12-21(22)24(31-23)32-14-15-36-16-17(32)2;/h2*8-11,17-18H,7,12-16H2,1-6H3,(H2,28,29,34);1H4/t17-,18+;17-,18-;/m00./s1. The number of rotatable bonds is 8. The summed E-state index contributed by atoms with van der Waals surface area (Å²) in [7, 11) is 0. The summed E-state index contributed by atoms with van der Waals surface area (Å²) in [5.41, 5.74) is 5.66. The Labute approximate surface area is 443 Å². The number of hydrogen-bond donors (Lipinski definition) is 4. The van der Waals surface area contributed by atoms with Crippen molar-refractivity contribution in [2.45, 2.75) is 139 Å². The van der Waals surface area contributed by atoms with Crippen molar-refractivity contribution in [1.29, 1.82) is 0 Å². The Balaban J connectivity index is 0.000000241. The van der Waals surface area contributed by atoms with Crippen LogP contribution in [0.1, 0.15) is 125 Å². The van der Waals surface area contributed by atoms with Gasteiger partial charge in [0.2, 0.25) is 0 Å². The zero-order valence-electron chi connectivity index (χ0n) is 45.3. The smallest absolute Gasteiger partial charge is 0.410 e. The monoisotopic (exact) mass is 1040 g/mol. The highest BCUT2D eigenvalue weighted by Crippen LogP contribution is 2.39. The minimum absolute atomic E-state index is 0. The van der Waals surface area contributed by atoms with Crippen LogP contribution in [0.15, 0.2) is 48.5 Å². The lowest BCUT2D eigenvalue weighted by Gasteiger charge is -2.40. The number of carbonyl (C=O) groups excluding carboxylic acids is 4. The molecule has 0 spiro atoms. The minimum atomic E-state index is -0.577. The second-order valence-corrected chi connectivity index (χ2v) is 21.0. The number of nitrogens with zero attached hydrogens (tertiary/aromatic N) is 8. The lowest BCUT2D eigenvalue weighted by atomic mass is 9.98. The molecule has 20 heteroatoms. The molecule has 408 valence electrons. The van der Waals surface area contributed by atoms with Gasteiger partial charge in [-0.15, -0.1) is 0 Å². The maximum Gasteiger partial charge on any atom is 0.410 e. The van der Waals surface area contributed by atoms with Crippen molar-refractivity contribution >= 4 is 47.3 Å². The molecule has 2 aromatic heterocycles. The Morgan fingerprint density at radius 2 is 0.933 bits per heavy atom. The number of ether oxygens (including phenoxy) is 4. The van der Waals surface area contributed by atoms with E-state index in [9.17, 15) is 19.2 Å². The van der Waals surface area contributed by atoms with E-state index in [-0.39, 0.29) is 55.8 Å². The number of aromatic nitrogens is 4. The highest BCUT2D eigenvalue weighted by Gasteiger charge is 2.38. The Morgan fingerprint density at radius 3 is 1.25 bits per heavy atom. The first kappa shape index (κ1) is 57.5. The van der Waals surface area contributed by atoms with Crippen LogP contribution in [0.25, 0.3) is 22.8 Å². The molecule has 2 saturated heterocycles. The van der Waals surface area contributed by atoms with Gasteiger partial charge in [0.1, 0.15) is 22.8 Å². The van der Waals surface area contributed by atoms with Crippen molar-refractivity contribution in [2.75, 3.05) is 86.1 Å². The molecule has 6 heterocycles. The zero-order chi connectivity index (χ0) is 53.5. The van der Waals surface area contributed by atoms with E-state index < -0.39 is 11.2 Å². The third kappa shape index (κ3) is 14.3. The molecule has 6 amide bonds. The van der Waals surface area contributed by atoms with Crippen LogP contribution in [-0.2, 0) is 31.8 Å². The normalized spacial score (nSPS) is 19.5. The number of hydrogen-bond acceptors (Lipinski definition) is 14. The summed E-state index contributed by atoms with van der Waals surface area (Å²) in [6.45, 7) is 29.4. The summed E-state index contributed by atoms with van der Waals surface area (Å²) in [5, 5.41) is 11.1. The van der Waals surface area contributed by atoms with Gasteiger partial charge in [-0.1, -0.05) is 7.43 Å². The molecule has 4 aliphatic rings. The van der Waals surface area contributed by atoms with Gasteiger partial charge < -0.3 is 50.0 Å². The molecule has 2 aromatic carbocycles. The van der Waals surface area contributed by atoms with Crippen molar-refractivity contribution in [3.63, 3.8) is 0 Å². The number of benzene rings is 2. The predicted octanol–water partition coefficient (Wildman–Crippen LogP) is 9.36. The number of anilines is 4. The number of nitrogens with one attached hydrogen (secondary N) is 4. The third-order valence-electron chi connectivity index (χ3n) is 13.0. The largest absolute Gasteiger partial charge is 0.444 e. The highest BCUT2D eigenvalue weighted by atomic mass is 16.6. The maximum absolute atomic E-state index is 13.0. The molecule has 4 aliphatic heterocycles. The van der Waals surface area contributed by atoms with Crippen molar-refractivity contribution in [3.05, 3.63) is 71.0 Å². The van der Waals surface area contributed by atoms with E-state index in [1.165, 1.54) is 0 Å². The van der Waals surface area contributed by atoms with Crippen LogP contribution in [0.2, 0.25) is 0 Å². The summed E-state index contributed by atoms with van der Waals surface area (Å²) in [6.07, 6.45) is 0.614. The molecule has 20 nitrogen and oxygen atoms in total. The molecule has 8 rings (SSSR count). The quantitative estimate of drug-likeness (QED) is 0.129. The van der Waals surface area contributed by atoms with E-state index in [1.807, 2.05) is 118 Å². The predicted molar refractivity (Wildman–Crippen MR) is 292 cm³/mol. The van der Waals surface area contributed by atoms with Crippen LogP contribution in [-0.4, -0.2) is 143 Å². The van der Waals surface area contributed by atoms with E-state index in [0.29, 0.717) is 88.5 Å². The topological polar surface area (TPSA) is 218 Å². The van der Waals surface area contributed by atoms with Gasteiger partial charge in [-0.3, -0.25) is 9.80 Å². The second-order valence-electron chi connectivity index (χ2n) is 21.0. The number of morpholine rings is 2. The highest BCUT2D eigenvalue weighted by molar-refractivity contribution is 5.90. The molecule has 4 atom stereocenters. The van der Waals surface area contributed by atoms with Crippen molar-refractivity contribution in [2.24, 2.45) is 0 Å². The van der Waals surface area contributed by atoms with Crippen LogP contribution in [0.5, 0.6) is 0 Å². The first-order valence-corrected chi connectivity index (χ1v) is 25.9. The van der Waals surface area contributed by atoms with Crippen LogP contribution >= 0.6 is 0 Å². The van der Waals surface area contributed by atoms with Gasteiger partial charge in [0.15, 0.2) is 11.6 Å². The molecular weight excluding hydrogens is 957 g/mol. The van der Waals surface area contributed by atoms with Gasteiger partial charge in [-0.25, -0.2) is 39.1 Å². The fourth-order valence-corrected chi connectivity index (χ4v) is 9.33. The second kappa shape index (κ2) is 24.7. The molecule has 4 aromatic rings. The average molecular weight is 1040 g/mol. The molecule has 0 saturated carbocycles. The Bertz CT molecular complexity index is 2440. The number of carbonyl (C=O) groups is 4. The van der Waals surface area contributed by atoms with Gasteiger partial charge >= 0.3 is 24.2 Å². The van der Waals surface area contributed by atoms with Gasteiger partial charge in [-0.05, 0) is 144 Å². The number of urea groups is 2. The molecule has 2 fully saturated rings. The average Bonchev–Trinajstić information content (AvgIpc) is 3.34. The summed E-state index contributed by atoms with van der Waals surface area (Å²) in [4.78, 5) is 77.8. The molecule has 4 N–H and O–H groups in total. The van der Waals surface area contributed by atoms with Crippen LogP contribution in [0, 0.1) is 0 Å². The van der Waals surface area contributed by atoms with E-state index in [2.05, 4.69) is 44.9 Å². The Hall–Kier alpha value is -6.80. The lowest BCUT2D eigenvalue weighted by Crippen LogP contribution is -2.46. The van der Waals surface area contributed by atoms with Crippen molar-refractivity contribution in [1.82, 2.24) is 40.4 Å². The van der Waals surface area contributed by atoms with E-state index >= 15 is 0 Å². The van der Waals surface area contributed by atoms with E-state index in [4.69, 9.17) is 38.9 Å². The molecule has 0 bridgehead atoms. The van der Waals surface area contributed by atoms with Gasteiger partial charge in [-0.2, -0.15) is 0 Å². The Kier molecular flexibility index (Phi) is 18.9. The first-order chi connectivity index (χ1) is 35.1. The fourth-order valence-electron chi connectivity index (χ4n) is 9.33.